The third-order valence-electron chi connectivity index (χ3n) is 4.98. The molecule has 0 aliphatic rings. The molecule has 3 unspecified atom stereocenters. The number of hydrogen-bond donors (Lipinski definition) is 2. The number of amides is 3. The second-order valence-electron chi connectivity index (χ2n) is 9.26. The minimum atomic E-state index is -0.954. The standard InChI is InChI=1S/C25H37N3O4/c1-10-17(5)20(27-24(31)32-25(6,7)8)23(30)28(9)21(22(29)26-16(3)4)19-15-13-12-14-18(19)11-2/h2,12-17,20-21H,10H2,1,3-9H3,(H,26,29)(H,27,31). The number of nitrogens with zero attached hydrogens (tertiary/aromatic N) is 1. The molecular formula is C25H37N3O4. The predicted octanol–water partition coefficient (Wildman–Crippen LogP) is 3.63. The molecule has 1 rings (SSSR count). The summed E-state index contributed by atoms with van der Waals surface area (Å²) in [5, 5.41) is 5.56. The Hall–Kier alpha value is -3.01. The van der Waals surface area contributed by atoms with Gasteiger partial charge in [-0.3, -0.25) is 9.59 Å². The topological polar surface area (TPSA) is 87.7 Å². The zero-order chi connectivity index (χ0) is 24.6. The Bertz CT molecular complexity index is 851. The lowest BCUT2D eigenvalue weighted by Crippen LogP contribution is -2.54. The van der Waals surface area contributed by atoms with Crippen LogP contribution in [0.5, 0.6) is 0 Å². The number of hydrogen-bond acceptors (Lipinski definition) is 4. The van der Waals surface area contributed by atoms with E-state index in [0.717, 1.165) is 0 Å². The molecular weight excluding hydrogens is 406 g/mol. The van der Waals surface area contributed by atoms with Crippen LogP contribution >= 0.6 is 0 Å². The molecule has 0 saturated heterocycles. The molecule has 3 amide bonds. The summed E-state index contributed by atoms with van der Waals surface area (Å²) >= 11 is 0. The first-order valence-electron chi connectivity index (χ1n) is 10.9. The molecule has 3 atom stereocenters. The number of alkyl carbamates (subject to hydrolysis) is 1. The van der Waals surface area contributed by atoms with E-state index in [2.05, 4.69) is 16.6 Å². The zero-order valence-corrected chi connectivity index (χ0v) is 20.5. The first kappa shape index (κ1) is 27.0. The molecule has 1 aromatic carbocycles. The molecule has 1 aromatic rings. The van der Waals surface area contributed by atoms with Gasteiger partial charge in [-0.2, -0.15) is 0 Å². The zero-order valence-electron chi connectivity index (χ0n) is 20.5. The lowest BCUT2D eigenvalue weighted by molar-refractivity contribution is -0.142. The normalized spacial score (nSPS) is 14.0. The van der Waals surface area contributed by atoms with E-state index in [-0.39, 0.29) is 17.9 Å². The smallest absolute Gasteiger partial charge is 0.408 e. The van der Waals surface area contributed by atoms with Gasteiger partial charge in [-0.15, -0.1) is 6.42 Å². The highest BCUT2D eigenvalue weighted by Crippen LogP contribution is 2.25. The van der Waals surface area contributed by atoms with Gasteiger partial charge in [0, 0.05) is 18.7 Å². The summed E-state index contributed by atoms with van der Waals surface area (Å²) in [7, 11) is 1.55. The SMILES string of the molecule is C#Cc1ccccc1C(C(=O)NC(C)C)N(C)C(=O)C(NC(=O)OC(C)(C)C)C(C)CC. The van der Waals surface area contributed by atoms with Crippen molar-refractivity contribution in [1.82, 2.24) is 15.5 Å². The number of carbonyl (C=O) groups is 3. The van der Waals surface area contributed by atoms with Gasteiger partial charge in [-0.1, -0.05) is 44.4 Å². The summed E-state index contributed by atoms with van der Waals surface area (Å²) in [5.41, 5.74) is 0.366. The highest BCUT2D eigenvalue weighted by atomic mass is 16.6. The highest BCUT2D eigenvalue weighted by Gasteiger charge is 2.37. The maximum absolute atomic E-state index is 13.6. The number of ether oxygens (including phenoxy) is 1. The molecule has 0 heterocycles. The molecule has 176 valence electrons. The van der Waals surface area contributed by atoms with E-state index in [1.165, 1.54) is 4.90 Å². The van der Waals surface area contributed by atoms with Crippen molar-refractivity contribution in [3.63, 3.8) is 0 Å². The third kappa shape index (κ3) is 7.60. The Labute approximate surface area is 192 Å². The fourth-order valence-corrected chi connectivity index (χ4v) is 3.22. The Kier molecular flexibility index (Phi) is 9.77. The lowest BCUT2D eigenvalue weighted by Gasteiger charge is -2.34. The second-order valence-corrected chi connectivity index (χ2v) is 9.26. The van der Waals surface area contributed by atoms with E-state index in [4.69, 9.17) is 11.2 Å². The van der Waals surface area contributed by atoms with Crippen LogP contribution in [-0.2, 0) is 14.3 Å². The van der Waals surface area contributed by atoms with Crippen molar-refractivity contribution in [2.45, 2.75) is 78.6 Å². The number of nitrogens with one attached hydrogen (secondary N) is 2. The molecule has 0 radical (unpaired) electrons. The van der Waals surface area contributed by atoms with Crippen LogP contribution < -0.4 is 10.6 Å². The molecule has 32 heavy (non-hydrogen) atoms. The molecule has 0 spiro atoms. The summed E-state index contributed by atoms with van der Waals surface area (Å²) in [5.74, 6) is 1.66. The Morgan fingerprint density at radius 1 is 1.12 bits per heavy atom. The lowest BCUT2D eigenvalue weighted by atomic mass is 9.94. The molecule has 0 fully saturated rings. The minimum absolute atomic E-state index is 0.128. The first-order valence-corrected chi connectivity index (χ1v) is 10.9. The van der Waals surface area contributed by atoms with Gasteiger partial charge in [0.15, 0.2) is 0 Å². The van der Waals surface area contributed by atoms with Crippen molar-refractivity contribution in [3.8, 4) is 12.3 Å². The van der Waals surface area contributed by atoms with Crippen LogP contribution in [0.3, 0.4) is 0 Å². The van der Waals surface area contributed by atoms with Crippen LogP contribution in [0.1, 0.15) is 72.1 Å². The maximum atomic E-state index is 13.6. The van der Waals surface area contributed by atoms with E-state index in [1.54, 1.807) is 52.1 Å². The van der Waals surface area contributed by atoms with Crippen LogP contribution in [0.4, 0.5) is 4.79 Å². The third-order valence-corrected chi connectivity index (χ3v) is 4.98. The summed E-state index contributed by atoms with van der Waals surface area (Å²) in [4.78, 5) is 40.5. The van der Waals surface area contributed by atoms with Gasteiger partial charge in [0.1, 0.15) is 17.7 Å². The van der Waals surface area contributed by atoms with Crippen molar-refractivity contribution >= 4 is 17.9 Å². The van der Waals surface area contributed by atoms with Crippen molar-refractivity contribution in [1.29, 1.82) is 0 Å². The van der Waals surface area contributed by atoms with Gasteiger partial charge in [-0.25, -0.2) is 4.79 Å². The molecule has 0 aliphatic carbocycles. The molecule has 0 saturated carbocycles. The van der Waals surface area contributed by atoms with Crippen LogP contribution in [0.15, 0.2) is 24.3 Å². The minimum Gasteiger partial charge on any atom is -0.444 e. The van der Waals surface area contributed by atoms with Crippen molar-refractivity contribution < 1.29 is 19.1 Å². The second kappa shape index (κ2) is 11.6. The van der Waals surface area contributed by atoms with E-state index in [1.807, 2.05) is 27.7 Å². The predicted molar refractivity (Wildman–Crippen MR) is 126 cm³/mol. The van der Waals surface area contributed by atoms with Crippen LogP contribution in [0.2, 0.25) is 0 Å². The number of likely N-dealkylation sites (N-methyl/N-ethyl adjacent to an activating group) is 1. The summed E-state index contributed by atoms with van der Waals surface area (Å²) in [6.45, 7) is 12.7. The van der Waals surface area contributed by atoms with Crippen molar-refractivity contribution in [2.75, 3.05) is 7.05 Å². The summed E-state index contributed by atoms with van der Waals surface area (Å²) in [6.07, 6.45) is 5.62. The number of carbonyl (C=O) groups excluding carboxylic acids is 3. The number of rotatable bonds is 8. The van der Waals surface area contributed by atoms with Crippen LogP contribution in [0, 0.1) is 18.3 Å². The summed E-state index contributed by atoms with van der Waals surface area (Å²) < 4.78 is 5.35. The Morgan fingerprint density at radius 2 is 1.72 bits per heavy atom. The average molecular weight is 444 g/mol. The van der Waals surface area contributed by atoms with E-state index < -0.39 is 29.7 Å². The van der Waals surface area contributed by atoms with Gasteiger partial charge >= 0.3 is 6.09 Å². The van der Waals surface area contributed by atoms with Gasteiger partial charge < -0.3 is 20.3 Å². The number of terminal acetylenes is 1. The monoisotopic (exact) mass is 443 g/mol. The Morgan fingerprint density at radius 3 is 2.22 bits per heavy atom. The average Bonchev–Trinajstić information content (AvgIpc) is 2.69. The van der Waals surface area contributed by atoms with Crippen LogP contribution in [-0.4, -0.2) is 47.5 Å². The first-order chi connectivity index (χ1) is 14.8. The maximum Gasteiger partial charge on any atom is 0.408 e. The van der Waals surface area contributed by atoms with E-state index in [9.17, 15) is 14.4 Å². The molecule has 0 aliphatic heterocycles. The molecule has 0 aromatic heterocycles. The molecule has 7 nitrogen and oxygen atoms in total. The Balaban J connectivity index is 3.36. The quantitative estimate of drug-likeness (QED) is 0.601. The number of benzene rings is 1. The molecule has 0 bridgehead atoms. The fraction of sp³-hybridized carbons (Fsp3) is 0.560. The van der Waals surface area contributed by atoms with Gasteiger partial charge in [0.05, 0.1) is 0 Å². The highest BCUT2D eigenvalue weighted by molar-refractivity contribution is 5.92. The van der Waals surface area contributed by atoms with Gasteiger partial charge in [0.2, 0.25) is 11.8 Å². The molecule has 2 N–H and O–H groups in total. The van der Waals surface area contributed by atoms with Crippen molar-refractivity contribution in [3.05, 3.63) is 35.4 Å². The largest absolute Gasteiger partial charge is 0.444 e. The fourth-order valence-electron chi connectivity index (χ4n) is 3.22. The van der Waals surface area contributed by atoms with Crippen molar-refractivity contribution in [2.24, 2.45) is 5.92 Å². The van der Waals surface area contributed by atoms with E-state index in [0.29, 0.717) is 17.5 Å². The summed E-state index contributed by atoms with van der Waals surface area (Å²) in [6, 6.07) is 5.07. The van der Waals surface area contributed by atoms with E-state index >= 15 is 0 Å². The van der Waals surface area contributed by atoms with Crippen LogP contribution in [0.25, 0.3) is 0 Å². The molecule has 7 heteroatoms. The van der Waals surface area contributed by atoms with Gasteiger partial charge in [-0.05, 0) is 52.2 Å². The van der Waals surface area contributed by atoms with Gasteiger partial charge in [0.25, 0.3) is 0 Å².